The highest BCUT2D eigenvalue weighted by atomic mass is 16.5. The van der Waals surface area contributed by atoms with E-state index >= 15 is 0 Å². The van der Waals surface area contributed by atoms with Gasteiger partial charge in [0.25, 0.3) is 5.91 Å². The largest absolute Gasteiger partial charge is 0.497 e. The minimum absolute atomic E-state index is 0.239. The Labute approximate surface area is 141 Å². The molecule has 0 bridgehead atoms. The average molecular weight is 327 g/mol. The summed E-state index contributed by atoms with van der Waals surface area (Å²) in [6.45, 7) is 1.76. The Morgan fingerprint density at radius 1 is 1.08 bits per heavy atom. The number of carbonyl (C=O) groups is 1. The van der Waals surface area contributed by atoms with Crippen LogP contribution in [0.2, 0.25) is 0 Å². The molecule has 0 spiro atoms. The van der Waals surface area contributed by atoms with Gasteiger partial charge in [0.2, 0.25) is 0 Å². The molecule has 0 fully saturated rings. The molecule has 1 amide bonds. The zero-order chi connectivity index (χ0) is 17.4. The standard InChI is InChI=1S/C18H21N3O3/c1-13(20-15-8-10-16(23-2)11-9-15)18(22)21-19-12-14-6-4-5-7-17(14)24-3/h4-13,20H,1-3H3,(H,21,22)/b19-12+. The van der Waals surface area contributed by atoms with Gasteiger partial charge in [-0.15, -0.1) is 0 Å². The quantitative estimate of drug-likeness (QED) is 0.606. The van der Waals surface area contributed by atoms with Gasteiger partial charge < -0.3 is 14.8 Å². The fourth-order valence-electron chi connectivity index (χ4n) is 2.04. The summed E-state index contributed by atoms with van der Waals surface area (Å²) in [5.74, 6) is 1.22. The Morgan fingerprint density at radius 3 is 2.46 bits per heavy atom. The van der Waals surface area contributed by atoms with Gasteiger partial charge >= 0.3 is 0 Å². The second kappa shape index (κ2) is 8.57. The third kappa shape index (κ3) is 4.74. The lowest BCUT2D eigenvalue weighted by atomic mass is 10.2. The molecule has 0 radical (unpaired) electrons. The van der Waals surface area contributed by atoms with Gasteiger partial charge in [0.05, 0.1) is 20.4 Å². The summed E-state index contributed by atoms with van der Waals surface area (Å²) in [5.41, 5.74) is 4.13. The Hall–Kier alpha value is -3.02. The number of rotatable bonds is 7. The van der Waals surface area contributed by atoms with Crippen LogP contribution in [0.5, 0.6) is 11.5 Å². The van der Waals surface area contributed by atoms with Crippen LogP contribution in [0, 0.1) is 0 Å². The number of hydrogen-bond donors (Lipinski definition) is 2. The first-order valence-corrected chi connectivity index (χ1v) is 7.50. The molecule has 126 valence electrons. The number of nitrogens with zero attached hydrogens (tertiary/aromatic N) is 1. The Kier molecular flexibility index (Phi) is 6.19. The van der Waals surface area contributed by atoms with Gasteiger partial charge in [0, 0.05) is 11.3 Å². The van der Waals surface area contributed by atoms with Gasteiger partial charge in [-0.3, -0.25) is 4.79 Å². The zero-order valence-electron chi connectivity index (χ0n) is 13.9. The van der Waals surface area contributed by atoms with E-state index < -0.39 is 6.04 Å². The second-order valence-electron chi connectivity index (χ2n) is 5.07. The lowest BCUT2D eigenvalue weighted by molar-refractivity contribution is -0.121. The van der Waals surface area contributed by atoms with Crippen LogP contribution in [0.3, 0.4) is 0 Å². The first-order valence-electron chi connectivity index (χ1n) is 7.50. The van der Waals surface area contributed by atoms with Gasteiger partial charge in [-0.05, 0) is 43.3 Å². The fourth-order valence-corrected chi connectivity index (χ4v) is 2.04. The fraction of sp³-hybridized carbons (Fsp3) is 0.222. The normalized spacial score (nSPS) is 11.8. The molecule has 2 aromatic carbocycles. The number of amides is 1. The number of para-hydroxylation sites is 1. The summed E-state index contributed by atoms with van der Waals surface area (Å²) in [4.78, 5) is 12.1. The number of methoxy groups -OCH3 is 2. The topological polar surface area (TPSA) is 72.0 Å². The van der Waals surface area contributed by atoms with Crippen molar-refractivity contribution in [3.05, 3.63) is 54.1 Å². The molecule has 6 heteroatoms. The Morgan fingerprint density at radius 2 is 1.79 bits per heavy atom. The van der Waals surface area contributed by atoms with E-state index in [1.54, 1.807) is 27.4 Å². The molecule has 1 unspecified atom stereocenters. The van der Waals surface area contributed by atoms with Crippen molar-refractivity contribution in [1.29, 1.82) is 0 Å². The summed E-state index contributed by atoms with van der Waals surface area (Å²) in [5, 5.41) is 7.07. The number of carbonyl (C=O) groups excluding carboxylic acids is 1. The first kappa shape index (κ1) is 17.3. The highest BCUT2D eigenvalue weighted by molar-refractivity contribution is 5.87. The van der Waals surface area contributed by atoms with Crippen molar-refractivity contribution >= 4 is 17.8 Å². The number of nitrogens with one attached hydrogen (secondary N) is 2. The van der Waals surface area contributed by atoms with Crippen molar-refractivity contribution in [1.82, 2.24) is 5.43 Å². The molecule has 0 aromatic heterocycles. The maximum Gasteiger partial charge on any atom is 0.262 e. The van der Waals surface area contributed by atoms with Crippen LogP contribution in [-0.2, 0) is 4.79 Å². The minimum atomic E-state index is -0.437. The van der Waals surface area contributed by atoms with Crippen molar-refractivity contribution < 1.29 is 14.3 Å². The molecule has 1 atom stereocenters. The smallest absolute Gasteiger partial charge is 0.262 e. The van der Waals surface area contributed by atoms with E-state index in [2.05, 4.69) is 15.8 Å². The van der Waals surface area contributed by atoms with Crippen molar-refractivity contribution in [2.75, 3.05) is 19.5 Å². The van der Waals surface area contributed by atoms with Crippen LogP contribution in [0.25, 0.3) is 0 Å². The lowest BCUT2D eigenvalue weighted by Crippen LogP contribution is -2.34. The molecular formula is C18H21N3O3. The van der Waals surface area contributed by atoms with E-state index in [-0.39, 0.29) is 5.91 Å². The van der Waals surface area contributed by atoms with Crippen molar-refractivity contribution in [3.8, 4) is 11.5 Å². The van der Waals surface area contributed by atoms with Crippen molar-refractivity contribution in [2.24, 2.45) is 5.10 Å². The van der Waals surface area contributed by atoms with E-state index in [0.29, 0.717) is 5.75 Å². The average Bonchev–Trinajstić information content (AvgIpc) is 2.62. The molecule has 24 heavy (non-hydrogen) atoms. The van der Waals surface area contributed by atoms with E-state index in [9.17, 15) is 4.79 Å². The summed E-state index contributed by atoms with van der Waals surface area (Å²) in [7, 11) is 3.20. The van der Waals surface area contributed by atoms with Gasteiger partial charge in [0.1, 0.15) is 17.5 Å². The van der Waals surface area contributed by atoms with Crippen molar-refractivity contribution in [3.63, 3.8) is 0 Å². The molecule has 0 heterocycles. The predicted molar refractivity (Wildman–Crippen MR) is 94.8 cm³/mol. The number of hydrogen-bond acceptors (Lipinski definition) is 5. The molecule has 0 saturated heterocycles. The predicted octanol–water partition coefficient (Wildman–Crippen LogP) is 2.65. The van der Waals surface area contributed by atoms with Gasteiger partial charge in [-0.1, -0.05) is 12.1 Å². The van der Waals surface area contributed by atoms with E-state index in [1.165, 1.54) is 0 Å². The van der Waals surface area contributed by atoms with Gasteiger partial charge in [-0.2, -0.15) is 5.10 Å². The third-order valence-corrected chi connectivity index (χ3v) is 3.38. The highest BCUT2D eigenvalue weighted by Gasteiger charge is 2.11. The van der Waals surface area contributed by atoms with Crippen LogP contribution in [0.1, 0.15) is 12.5 Å². The van der Waals surface area contributed by atoms with Crippen LogP contribution in [0.15, 0.2) is 53.6 Å². The van der Waals surface area contributed by atoms with E-state index in [4.69, 9.17) is 9.47 Å². The van der Waals surface area contributed by atoms with Crippen molar-refractivity contribution in [2.45, 2.75) is 13.0 Å². The monoisotopic (exact) mass is 327 g/mol. The molecule has 6 nitrogen and oxygen atoms in total. The van der Waals surface area contributed by atoms with Crippen LogP contribution in [-0.4, -0.2) is 32.4 Å². The van der Waals surface area contributed by atoms with Crippen LogP contribution >= 0.6 is 0 Å². The molecular weight excluding hydrogens is 306 g/mol. The Balaban J connectivity index is 1.90. The molecule has 0 aliphatic heterocycles. The number of ether oxygens (including phenoxy) is 2. The van der Waals surface area contributed by atoms with E-state index in [0.717, 1.165) is 17.0 Å². The molecule has 0 aliphatic carbocycles. The maximum absolute atomic E-state index is 12.1. The summed E-state index contributed by atoms with van der Waals surface area (Å²) in [6.07, 6.45) is 1.55. The molecule has 2 rings (SSSR count). The minimum Gasteiger partial charge on any atom is -0.497 e. The number of anilines is 1. The Bertz CT molecular complexity index is 699. The van der Waals surface area contributed by atoms with Gasteiger partial charge in [0.15, 0.2) is 0 Å². The summed E-state index contributed by atoms with van der Waals surface area (Å²) in [6, 6.07) is 14.3. The molecule has 2 N–H and O–H groups in total. The van der Waals surface area contributed by atoms with Crippen LogP contribution < -0.4 is 20.2 Å². The first-order chi connectivity index (χ1) is 11.6. The molecule has 0 aliphatic rings. The number of hydrazone groups is 1. The maximum atomic E-state index is 12.1. The van der Waals surface area contributed by atoms with Gasteiger partial charge in [-0.25, -0.2) is 5.43 Å². The summed E-state index contributed by atoms with van der Waals surface area (Å²) >= 11 is 0. The zero-order valence-corrected chi connectivity index (χ0v) is 13.9. The molecule has 2 aromatic rings. The highest BCUT2D eigenvalue weighted by Crippen LogP contribution is 2.16. The van der Waals surface area contributed by atoms with E-state index in [1.807, 2.05) is 48.5 Å². The summed E-state index contributed by atoms with van der Waals surface area (Å²) < 4.78 is 10.3. The second-order valence-corrected chi connectivity index (χ2v) is 5.07. The van der Waals surface area contributed by atoms with Crippen LogP contribution in [0.4, 0.5) is 5.69 Å². The number of benzene rings is 2. The third-order valence-electron chi connectivity index (χ3n) is 3.38. The lowest BCUT2D eigenvalue weighted by Gasteiger charge is -2.13. The molecule has 0 saturated carbocycles. The SMILES string of the molecule is COc1ccc(NC(C)C(=O)N/N=C/c2ccccc2OC)cc1.